The van der Waals surface area contributed by atoms with Crippen LogP contribution in [-0.4, -0.2) is 35.5 Å². The second-order valence-corrected chi connectivity index (χ2v) is 5.02. The molecule has 1 saturated heterocycles. The fourth-order valence-electron chi connectivity index (χ4n) is 1.82. The Bertz CT molecular complexity index is 328. The van der Waals surface area contributed by atoms with E-state index in [9.17, 15) is 0 Å². The van der Waals surface area contributed by atoms with Gasteiger partial charge < -0.3 is 16.0 Å². The Morgan fingerprint density at radius 2 is 2.13 bits per heavy atom. The van der Waals surface area contributed by atoms with Gasteiger partial charge in [-0.05, 0) is 51.4 Å². The van der Waals surface area contributed by atoms with Gasteiger partial charge in [0.2, 0.25) is 0 Å². The van der Waals surface area contributed by atoms with Crippen LogP contribution in [-0.2, 0) is 0 Å². The molecular weight excluding hydrogens is 208 g/mol. The van der Waals surface area contributed by atoms with Gasteiger partial charge in [-0.25, -0.2) is 0 Å². The molecule has 0 spiro atoms. The SMILES string of the molecule is Cc1c(N)nsc1NC1CCN(C)CC1. The molecule has 2 heterocycles. The molecule has 1 aliphatic rings. The second-order valence-electron chi connectivity index (χ2n) is 4.24. The topological polar surface area (TPSA) is 54.2 Å². The van der Waals surface area contributed by atoms with Crippen LogP contribution in [0.15, 0.2) is 0 Å². The van der Waals surface area contributed by atoms with Gasteiger partial charge in [0.15, 0.2) is 0 Å². The van der Waals surface area contributed by atoms with Crippen molar-refractivity contribution in [3.63, 3.8) is 0 Å². The minimum atomic E-state index is 0.583. The molecule has 4 nitrogen and oxygen atoms in total. The van der Waals surface area contributed by atoms with Gasteiger partial charge in [-0.1, -0.05) is 0 Å². The van der Waals surface area contributed by atoms with Crippen molar-refractivity contribution in [2.45, 2.75) is 25.8 Å². The molecule has 1 fully saturated rings. The number of hydrogen-bond donors (Lipinski definition) is 2. The first-order chi connectivity index (χ1) is 7.16. The third kappa shape index (κ3) is 2.41. The summed E-state index contributed by atoms with van der Waals surface area (Å²) in [6.07, 6.45) is 2.40. The Labute approximate surface area is 94.6 Å². The summed E-state index contributed by atoms with van der Waals surface area (Å²) in [5, 5.41) is 4.68. The first-order valence-electron chi connectivity index (χ1n) is 5.33. The minimum absolute atomic E-state index is 0.583. The van der Waals surface area contributed by atoms with Crippen LogP contribution in [0.25, 0.3) is 0 Å². The number of nitrogens with zero attached hydrogens (tertiary/aromatic N) is 2. The molecule has 84 valence electrons. The average molecular weight is 226 g/mol. The number of aromatic nitrogens is 1. The molecule has 1 aromatic rings. The predicted molar refractivity (Wildman–Crippen MR) is 65.4 cm³/mol. The summed E-state index contributed by atoms with van der Waals surface area (Å²) in [6.45, 7) is 4.37. The number of likely N-dealkylation sites (tertiary alicyclic amines) is 1. The maximum atomic E-state index is 5.72. The number of nitrogens with one attached hydrogen (secondary N) is 1. The highest BCUT2D eigenvalue weighted by Gasteiger charge is 2.18. The molecule has 0 radical (unpaired) electrons. The van der Waals surface area contributed by atoms with Gasteiger partial charge in [0.25, 0.3) is 0 Å². The maximum absolute atomic E-state index is 5.72. The largest absolute Gasteiger partial charge is 0.383 e. The lowest BCUT2D eigenvalue weighted by Gasteiger charge is -2.29. The third-order valence-electron chi connectivity index (χ3n) is 3.01. The van der Waals surface area contributed by atoms with Crippen LogP contribution < -0.4 is 11.1 Å². The normalized spacial score (nSPS) is 19.3. The highest BCUT2D eigenvalue weighted by molar-refractivity contribution is 7.10. The summed E-state index contributed by atoms with van der Waals surface area (Å²) < 4.78 is 4.14. The van der Waals surface area contributed by atoms with Crippen molar-refractivity contribution in [1.29, 1.82) is 0 Å². The van der Waals surface area contributed by atoms with Gasteiger partial charge in [0.05, 0.1) is 0 Å². The Morgan fingerprint density at radius 3 is 2.67 bits per heavy atom. The first kappa shape index (κ1) is 10.7. The van der Waals surface area contributed by atoms with Gasteiger partial charge in [0.1, 0.15) is 10.8 Å². The molecule has 0 unspecified atom stereocenters. The zero-order valence-electron chi connectivity index (χ0n) is 9.29. The van der Waals surface area contributed by atoms with Gasteiger partial charge in [-0.15, -0.1) is 0 Å². The highest BCUT2D eigenvalue weighted by atomic mass is 32.1. The van der Waals surface area contributed by atoms with E-state index in [0.29, 0.717) is 11.9 Å². The molecule has 3 N–H and O–H groups in total. The number of anilines is 2. The summed E-state index contributed by atoms with van der Waals surface area (Å²) in [4.78, 5) is 2.37. The van der Waals surface area contributed by atoms with Crippen molar-refractivity contribution in [3.8, 4) is 0 Å². The molecule has 0 saturated carbocycles. The lowest BCUT2D eigenvalue weighted by Crippen LogP contribution is -2.36. The Kier molecular flexibility index (Phi) is 3.11. The van der Waals surface area contributed by atoms with Gasteiger partial charge >= 0.3 is 0 Å². The number of nitrogen functional groups attached to an aromatic ring is 1. The van der Waals surface area contributed by atoms with E-state index < -0.39 is 0 Å². The average Bonchev–Trinajstić information content (AvgIpc) is 2.53. The maximum Gasteiger partial charge on any atom is 0.142 e. The fraction of sp³-hybridized carbons (Fsp3) is 0.700. The lowest BCUT2D eigenvalue weighted by molar-refractivity contribution is 0.264. The number of piperidine rings is 1. The van der Waals surface area contributed by atoms with Crippen molar-refractivity contribution in [1.82, 2.24) is 9.27 Å². The number of rotatable bonds is 2. The zero-order valence-corrected chi connectivity index (χ0v) is 10.1. The molecule has 15 heavy (non-hydrogen) atoms. The lowest BCUT2D eigenvalue weighted by atomic mass is 10.1. The Balaban J connectivity index is 1.94. The van der Waals surface area contributed by atoms with Gasteiger partial charge in [0, 0.05) is 11.6 Å². The molecule has 1 aliphatic heterocycles. The molecule has 0 bridgehead atoms. The van der Waals surface area contributed by atoms with E-state index in [1.807, 2.05) is 6.92 Å². The van der Waals surface area contributed by atoms with Crippen molar-refractivity contribution in [2.75, 3.05) is 31.2 Å². The minimum Gasteiger partial charge on any atom is -0.383 e. The van der Waals surface area contributed by atoms with E-state index in [1.54, 1.807) is 0 Å². The molecule has 1 aromatic heterocycles. The standard InChI is InChI=1S/C10H18N4S/c1-7-9(11)13-15-10(7)12-8-3-5-14(2)6-4-8/h8,12H,3-6H2,1-2H3,(H2,11,13). The van der Waals surface area contributed by atoms with E-state index in [4.69, 9.17) is 5.73 Å². The number of hydrogen-bond acceptors (Lipinski definition) is 5. The smallest absolute Gasteiger partial charge is 0.142 e. The zero-order chi connectivity index (χ0) is 10.8. The van der Waals surface area contributed by atoms with Crippen LogP contribution in [0.3, 0.4) is 0 Å². The summed E-state index contributed by atoms with van der Waals surface area (Å²) in [7, 11) is 2.17. The molecule has 0 aromatic carbocycles. The van der Waals surface area contributed by atoms with E-state index in [0.717, 1.165) is 10.6 Å². The monoisotopic (exact) mass is 226 g/mol. The van der Waals surface area contributed by atoms with Crippen molar-refractivity contribution < 1.29 is 0 Å². The molecule has 0 amide bonds. The Morgan fingerprint density at radius 1 is 1.47 bits per heavy atom. The molecule has 0 aliphatic carbocycles. The van der Waals surface area contributed by atoms with Crippen molar-refractivity contribution in [3.05, 3.63) is 5.56 Å². The van der Waals surface area contributed by atoms with Gasteiger partial charge in [-0.3, -0.25) is 0 Å². The molecule has 2 rings (SSSR count). The van der Waals surface area contributed by atoms with Gasteiger partial charge in [-0.2, -0.15) is 4.37 Å². The first-order valence-corrected chi connectivity index (χ1v) is 6.11. The highest BCUT2D eigenvalue weighted by Crippen LogP contribution is 2.27. The van der Waals surface area contributed by atoms with E-state index in [-0.39, 0.29) is 0 Å². The van der Waals surface area contributed by atoms with Crippen LogP contribution in [0.4, 0.5) is 10.8 Å². The predicted octanol–water partition coefficient (Wildman–Crippen LogP) is 1.54. The molecule has 5 heteroatoms. The third-order valence-corrected chi connectivity index (χ3v) is 3.91. The summed E-state index contributed by atoms with van der Waals surface area (Å²) in [5.74, 6) is 0.662. The van der Waals surface area contributed by atoms with Crippen LogP contribution in [0.5, 0.6) is 0 Å². The van der Waals surface area contributed by atoms with Crippen molar-refractivity contribution >= 4 is 22.4 Å². The summed E-state index contributed by atoms with van der Waals surface area (Å²) >= 11 is 1.47. The van der Waals surface area contributed by atoms with Crippen LogP contribution in [0.2, 0.25) is 0 Å². The van der Waals surface area contributed by atoms with E-state index >= 15 is 0 Å². The van der Waals surface area contributed by atoms with Crippen LogP contribution in [0, 0.1) is 6.92 Å². The van der Waals surface area contributed by atoms with Crippen LogP contribution in [0.1, 0.15) is 18.4 Å². The second kappa shape index (κ2) is 4.37. The molecular formula is C10H18N4S. The summed E-state index contributed by atoms with van der Waals surface area (Å²) in [5.41, 5.74) is 6.82. The van der Waals surface area contributed by atoms with Crippen molar-refractivity contribution in [2.24, 2.45) is 0 Å². The van der Waals surface area contributed by atoms with E-state index in [2.05, 4.69) is 21.6 Å². The molecule has 0 atom stereocenters. The summed E-state index contributed by atoms with van der Waals surface area (Å²) in [6, 6.07) is 0.583. The quantitative estimate of drug-likeness (QED) is 0.803. The Hall–Kier alpha value is -0.810. The fourth-order valence-corrected chi connectivity index (χ4v) is 2.61. The van der Waals surface area contributed by atoms with E-state index in [1.165, 1.54) is 37.5 Å². The van der Waals surface area contributed by atoms with Crippen LogP contribution >= 0.6 is 11.5 Å². The number of nitrogens with two attached hydrogens (primary N) is 1.